The highest BCUT2D eigenvalue weighted by Crippen LogP contribution is 2.14. The molecule has 15 nitrogen and oxygen atoms in total. The number of esters is 1. The van der Waals surface area contributed by atoms with Gasteiger partial charge in [0.15, 0.2) is 0 Å². The van der Waals surface area contributed by atoms with E-state index in [0.29, 0.717) is 71.6 Å². The van der Waals surface area contributed by atoms with Gasteiger partial charge in [-0.25, -0.2) is 0 Å². The van der Waals surface area contributed by atoms with Crippen molar-refractivity contribution in [2.75, 3.05) is 85.5 Å². The molecular weight excluding hydrogens is 718 g/mol. The number of hydrogen-bond donors (Lipinski definition) is 7. The first-order valence-corrected chi connectivity index (χ1v) is 20.9. The maximum Gasteiger partial charge on any atom is 0.306 e. The van der Waals surface area contributed by atoms with E-state index in [0.717, 1.165) is 82.9 Å². The second kappa shape index (κ2) is 36.2. The van der Waals surface area contributed by atoms with Gasteiger partial charge in [-0.05, 0) is 76.8 Å². The number of carbonyl (C=O) groups is 4. The Bertz CT molecular complexity index is 1100. The Hall–Kier alpha value is -3.18. The van der Waals surface area contributed by atoms with Gasteiger partial charge in [0, 0.05) is 45.4 Å². The fraction of sp³-hybridized carbons (Fsp3) is 0.756. The maximum atomic E-state index is 13.4. The van der Waals surface area contributed by atoms with Crippen molar-refractivity contribution >= 4 is 23.7 Å². The lowest BCUT2D eigenvalue weighted by atomic mass is 10.0. The average molecular weight is 794 g/mol. The van der Waals surface area contributed by atoms with Crippen LogP contribution in [0.3, 0.4) is 0 Å². The third kappa shape index (κ3) is 30.0. The Morgan fingerprint density at radius 2 is 1.00 bits per heavy atom. The predicted octanol–water partition coefficient (Wildman–Crippen LogP) is 2.57. The summed E-state index contributed by atoms with van der Waals surface area (Å²) in [5, 5.41) is 12.1. The van der Waals surface area contributed by atoms with Crippen molar-refractivity contribution in [3.63, 3.8) is 0 Å². The summed E-state index contributed by atoms with van der Waals surface area (Å²) in [5.74, 6) is -0.567. The molecule has 0 spiro atoms. The molecule has 1 aromatic rings. The Balaban J connectivity index is 2.60. The summed E-state index contributed by atoms with van der Waals surface area (Å²) in [5.41, 5.74) is 16.6. The van der Waals surface area contributed by atoms with Crippen molar-refractivity contribution in [3.05, 3.63) is 35.9 Å². The minimum atomic E-state index is -1.02. The fourth-order valence-electron chi connectivity index (χ4n) is 5.64. The van der Waals surface area contributed by atoms with E-state index in [1.165, 1.54) is 0 Å². The van der Waals surface area contributed by atoms with Crippen molar-refractivity contribution < 1.29 is 38.1 Å². The first kappa shape index (κ1) is 50.8. The highest BCUT2D eigenvalue weighted by Gasteiger charge is 2.34. The van der Waals surface area contributed by atoms with Gasteiger partial charge >= 0.3 is 5.97 Å². The van der Waals surface area contributed by atoms with E-state index in [2.05, 4.69) is 21.3 Å². The normalized spacial score (nSPS) is 11.3. The molecule has 3 amide bonds. The van der Waals surface area contributed by atoms with Crippen LogP contribution in [0.5, 0.6) is 0 Å². The summed E-state index contributed by atoms with van der Waals surface area (Å²) in [4.78, 5) is 49.9. The number of nitrogens with two attached hydrogens (primary N) is 3. The zero-order valence-electron chi connectivity index (χ0n) is 34.1. The monoisotopic (exact) mass is 794 g/mol. The van der Waals surface area contributed by atoms with E-state index in [1.807, 2.05) is 30.3 Å². The first-order valence-electron chi connectivity index (χ1n) is 20.9. The first-order chi connectivity index (χ1) is 27.3. The Labute approximate surface area is 336 Å². The second-order valence-electron chi connectivity index (χ2n) is 14.2. The number of carbonyl (C=O) groups excluding carboxylic acids is 4. The lowest BCUT2D eigenvalue weighted by molar-refractivity contribution is -0.145. The average Bonchev–Trinajstić information content (AvgIpc) is 3.19. The van der Waals surface area contributed by atoms with Crippen molar-refractivity contribution in [1.82, 2.24) is 21.3 Å². The molecule has 0 saturated carbocycles. The van der Waals surface area contributed by atoms with Crippen molar-refractivity contribution in [3.8, 4) is 0 Å². The van der Waals surface area contributed by atoms with Crippen LogP contribution in [0.25, 0.3) is 0 Å². The molecule has 0 aliphatic carbocycles. The van der Waals surface area contributed by atoms with E-state index < -0.39 is 5.54 Å². The molecule has 0 aliphatic heterocycles. The van der Waals surface area contributed by atoms with E-state index in [-0.39, 0.29) is 69.6 Å². The van der Waals surface area contributed by atoms with Gasteiger partial charge in [-0.2, -0.15) is 0 Å². The molecule has 15 heteroatoms. The molecule has 0 atom stereocenters. The summed E-state index contributed by atoms with van der Waals surface area (Å²) < 4.78 is 23.4. The third-order valence-electron chi connectivity index (χ3n) is 8.87. The minimum Gasteiger partial charge on any atom is -0.461 e. The molecule has 56 heavy (non-hydrogen) atoms. The van der Waals surface area contributed by atoms with Gasteiger partial charge in [0.05, 0.1) is 33.0 Å². The number of amides is 3. The van der Waals surface area contributed by atoms with Gasteiger partial charge in [-0.3, -0.25) is 19.2 Å². The van der Waals surface area contributed by atoms with Crippen molar-refractivity contribution in [2.24, 2.45) is 17.2 Å². The zero-order valence-corrected chi connectivity index (χ0v) is 34.1. The van der Waals surface area contributed by atoms with Crippen LogP contribution in [0.15, 0.2) is 30.3 Å². The van der Waals surface area contributed by atoms with Crippen LogP contribution < -0.4 is 38.5 Å². The van der Waals surface area contributed by atoms with Crippen LogP contribution >= 0.6 is 0 Å². The Kier molecular flexibility index (Phi) is 32.8. The largest absolute Gasteiger partial charge is 0.461 e. The van der Waals surface area contributed by atoms with Crippen LogP contribution in [0.1, 0.15) is 108 Å². The molecule has 0 fully saturated rings. The molecule has 0 heterocycles. The Morgan fingerprint density at radius 1 is 0.518 bits per heavy atom. The molecule has 0 saturated heterocycles. The lowest BCUT2D eigenvalue weighted by Gasteiger charge is -2.34. The minimum absolute atomic E-state index is 0.0665. The van der Waals surface area contributed by atoms with Gasteiger partial charge < -0.3 is 57.4 Å². The number of rotatable bonds is 39. The fourth-order valence-corrected chi connectivity index (χ4v) is 5.64. The highest BCUT2D eigenvalue weighted by molar-refractivity contribution is 5.77. The Morgan fingerprint density at radius 3 is 1.55 bits per heavy atom. The van der Waals surface area contributed by atoms with Crippen LogP contribution in [-0.4, -0.2) is 115 Å². The molecular formula is C41H75N7O8. The quantitative estimate of drug-likeness (QED) is 0.0377. The van der Waals surface area contributed by atoms with Crippen LogP contribution in [0.4, 0.5) is 0 Å². The van der Waals surface area contributed by atoms with Gasteiger partial charge in [0.25, 0.3) is 0 Å². The van der Waals surface area contributed by atoms with Crippen LogP contribution in [-0.2, 0) is 44.7 Å². The molecule has 1 rings (SSSR count). The molecule has 0 radical (unpaired) electrons. The highest BCUT2D eigenvalue weighted by atomic mass is 16.5. The molecule has 1 aromatic carbocycles. The van der Waals surface area contributed by atoms with Crippen molar-refractivity contribution in [2.45, 2.75) is 115 Å². The molecule has 10 N–H and O–H groups in total. The molecule has 322 valence electrons. The van der Waals surface area contributed by atoms with E-state index in [4.69, 9.17) is 36.1 Å². The van der Waals surface area contributed by atoms with E-state index in [1.54, 1.807) is 0 Å². The lowest BCUT2D eigenvalue weighted by Crippen LogP contribution is -2.58. The summed E-state index contributed by atoms with van der Waals surface area (Å²) in [6.07, 6.45) is 11.8. The predicted molar refractivity (Wildman–Crippen MR) is 219 cm³/mol. The molecule has 0 bridgehead atoms. The number of ether oxygens (including phenoxy) is 4. The summed E-state index contributed by atoms with van der Waals surface area (Å²) >= 11 is 0. The van der Waals surface area contributed by atoms with Gasteiger partial charge in [0.2, 0.25) is 17.7 Å². The van der Waals surface area contributed by atoms with Gasteiger partial charge in [-0.1, -0.05) is 68.9 Å². The number of hydrogen-bond acceptors (Lipinski definition) is 12. The van der Waals surface area contributed by atoms with Gasteiger partial charge in [-0.15, -0.1) is 0 Å². The van der Waals surface area contributed by atoms with Crippen molar-refractivity contribution in [1.29, 1.82) is 0 Å². The summed E-state index contributed by atoms with van der Waals surface area (Å²) in [6, 6.07) is 9.68. The summed E-state index contributed by atoms with van der Waals surface area (Å²) in [6.45, 7) is 5.59. The smallest absolute Gasteiger partial charge is 0.306 e. The standard InChI is InChI=1S/C41H75N7O8/c42-22-12-25-45-26-15-29-53-33-41(34-54-30-20-37(49)46-27-13-23-43,35-55-31-21-38(50)47-28-14-24-44)48-39(51)18-10-5-3-1-2-4-6-11-19-40(52)56-32-36-16-8-7-9-17-36/h7-9,16-17,45H,1-6,10-15,18-35,42-44H2,(H,46,49)(H,47,50)(H,48,51). The number of benzene rings is 1. The topological polar surface area (TPSA) is 231 Å². The number of nitrogens with one attached hydrogen (secondary N) is 4. The second-order valence-corrected chi connectivity index (χ2v) is 14.2. The molecule has 0 aliphatic rings. The molecule has 0 aromatic heterocycles. The summed E-state index contributed by atoms with van der Waals surface area (Å²) in [7, 11) is 0. The van der Waals surface area contributed by atoms with Gasteiger partial charge in [0.1, 0.15) is 12.1 Å². The molecule has 0 unspecified atom stereocenters. The van der Waals surface area contributed by atoms with Crippen LogP contribution in [0.2, 0.25) is 0 Å². The number of unbranched alkanes of at least 4 members (excludes halogenated alkanes) is 7. The zero-order chi connectivity index (χ0) is 40.8. The van der Waals surface area contributed by atoms with Crippen LogP contribution in [0, 0.1) is 0 Å². The third-order valence-corrected chi connectivity index (χ3v) is 8.87. The van der Waals surface area contributed by atoms with E-state index >= 15 is 0 Å². The SMILES string of the molecule is NCCCNCCCOCC(COCCC(=O)NCCCN)(COCCC(=O)NCCCN)NC(=O)CCCCCCCCCCC(=O)OCc1ccccc1. The maximum absolute atomic E-state index is 13.4. The van der Waals surface area contributed by atoms with E-state index in [9.17, 15) is 19.2 Å².